The van der Waals surface area contributed by atoms with Crippen molar-refractivity contribution < 1.29 is 5.11 Å². The second-order valence-electron chi connectivity index (χ2n) is 3.96. The van der Waals surface area contributed by atoms with E-state index < -0.39 is 5.60 Å². The van der Waals surface area contributed by atoms with E-state index in [-0.39, 0.29) is 0 Å². The van der Waals surface area contributed by atoms with Gasteiger partial charge in [0.1, 0.15) is 5.60 Å². The van der Waals surface area contributed by atoms with Crippen LogP contribution in [0.15, 0.2) is 12.3 Å². The Balaban J connectivity index is 2.87. The molecule has 80 valence electrons. The van der Waals surface area contributed by atoms with E-state index >= 15 is 0 Å². The summed E-state index contributed by atoms with van der Waals surface area (Å²) in [5.74, 6) is 0. The van der Waals surface area contributed by atoms with Crippen molar-refractivity contribution in [3.8, 4) is 0 Å². The van der Waals surface area contributed by atoms with Gasteiger partial charge in [0.15, 0.2) is 0 Å². The molecular weight excluding hydrogens is 176 g/mol. The molecule has 0 spiro atoms. The lowest BCUT2D eigenvalue weighted by atomic mass is 9.96. The first kappa shape index (κ1) is 11.2. The Kier molecular flexibility index (Phi) is 3.69. The summed E-state index contributed by atoms with van der Waals surface area (Å²) in [7, 11) is 0. The Morgan fingerprint density at radius 2 is 2.14 bits per heavy atom. The lowest BCUT2D eigenvalue weighted by molar-refractivity contribution is 0.0374. The number of aryl methyl sites for hydroxylation is 1. The lowest BCUT2D eigenvalue weighted by Gasteiger charge is -2.23. The first-order chi connectivity index (χ1) is 6.61. The van der Waals surface area contributed by atoms with Crippen LogP contribution in [0.5, 0.6) is 0 Å². The number of hydrogen-bond donors (Lipinski definition) is 1. The third kappa shape index (κ3) is 2.35. The fourth-order valence-corrected chi connectivity index (χ4v) is 1.80. The molecule has 0 aliphatic carbocycles. The van der Waals surface area contributed by atoms with E-state index in [1.165, 1.54) is 0 Å². The maximum absolute atomic E-state index is 10.2. The number of hydrogen-bond acceptors (Lipinski definition) is 2. The van der Waals surface area contributed by atoms with Crippen molar-refractivity contribution in [3.63, 3.8) is 0 Å². The molecule has 0 aromatic carbocycles. The summed E-state index contributed by atoms with van der Waals surface area (Å²) in [5, 5.41) is 14.4. The average Bonchev–Trinajstić information content (AvgIpc) is 2.53. The molecule has 0 bridgehead atoms. The zero-order chi connectivity index (χ0) is 10.6. The van der Waals surface area contributed by atoms with Gasteiger partial charge in [-0.2, -0.15) is 5.10 Å². The van der Waals surface area contributed by atoms with Gasteiger partial charge in [-0.1, -0.05) is 20.3 Å². The van der Waals surface area contributed by atoms with Gasteiger partial charge in [-0.25, -0.2) is 0 Å². The summed E-state index contributed by atoms with van der Waals surface area (Å²) in [6, 6.07) is 1.91. The first-order valence-electron chi connectivity index (χ1n) is 5.36. The summed E-state index contributed by atoms with van der Waals surface area (Å²) in [5.41, 5.74) is 0.196. The van der Waals surface area contributed by atoms with E-state index in [1.807, 2.05) is 17.7 Å². The highest BCUT2D eigenvalue weighted by Gasteiger charge is 2.25. The van der Waals surface area contributed by atoms with E-state index in [0.29, 0.717) is 0 Å². The zero-order valence-electron chi connectivity index (χ0n) is 9.32. The van der Waals surface area contributed by atoms with Crippen LogP contribution in [0.1, 0.15) is 45.7 Å². The van der Waals surface area contributed by atoms with Crippen molar-refractivity contribution in [3.05, 3.63) is 18.0 Å². The molecule has 3 nitrogen and oxygen atoms in total. The van der Waals surface area contributed by atoms with Crippen molar-refractivity contribution in [1.82, 2.24) is 9.78 Å². The van der Waals surface area contributed by atoms with Gasteiger partial charge in [-0.15, -0.1) is 0 Å². The molecule has 1 aromatic heterocycles. The van der Waals surface area contributed by atoms with Crippen molar-refractivity contribution in [2.75, 3.05) is 0 Å². The Bertz CT molecular complexity index is 279. The van der Waals surface area contributed by atoms with Gasteiger partial charge in [-0.3, -0.25) is 4.68 Å². The van der Waals surface area contributed by atoms with Crippen LogP contribution in [-0.2, 0) is 12.1 Å². The Labute approximate surface area is 85.8 Å². The molecule has 14 heavy (non-hydrogen) atoms. The van der Waals surface area contributed by atoms with Crippen molar-refractivity contribution >= 4 is 0 Å². The largest absolute Gasteiger partial charge is 0.384 e. The monoisotopic (exact) mass is 196 g/mol. The van der Waals surface area contributed by atoms with Crippen LogP contribution in [0.4, 0.5) is 0 Å². The third-order valence-corrected chi connectivity index (χ3v) is 2.44. The summed E-state index contributed by atoms with van der Waals surface area (Å²) in [4.78, 5) is 0. The maximum Gasteiger partial charge on any atom is 0.103 e. The molecule has 1 atom stereocenters. The molecule has 1 rings (SSSR count). The minimum Gasteiger partial charge on any atom is -0.384 e. The summed E-state index contributed by atoms with van der Waals surface area (Å²) in [6.45, 7) is 6.93. The average molecular weight is 196 g/mol. The van der Waals surface area contributed by atoms with Gasteiger partial charge in [0, 0.05) is 12.7 Å². The van der Waals surface area contributed by atoms with E-state index in [1.54, 1.807) is 6.20 Å². The Morgan fingerprint density at radius 1 is 1.43 bits per heavy atom. The highest BCUT2D eigenvalue weighted by molar-refractivity contribution is 5.10. The Hall–Kier alpha value is -0.830. The predicted molar refractivity (Wildman–Crippen MR) is 57.0 cm³/mol. The molecule has 3 heteroatoms. The molecule has 1 unspecified atom stereocenters. The lowest BCUT2D eigenvalue weighted by Crippen LogP contribution is -2.25. The van der Waals surface area contributed by atoms with Crippen molar-refractivity contribution in [2.45, 2.75) is 52.2 Å². The van der Waals surface area contributed by atoms with Gasteiger partial charge in [-0.05, 0) is 25.8 Å². The van der Waals surface area contributed by atoms with Crippen LogP contribution in [-0.4, -0.2) is 14.9 Å². The van der Waals surface area contributed by atoms with E-state index in [2.05, 4.69) is 18.9 Å². The molecule has 1 heterocycles. The number of aromatic nitrogens is 2. The topological polar surface area (TPSA) is 38.0 Å². The zero-order valence-corrected chi connectivity index (χ0v) is 9.32. The molecule has 0 aliphatic heterocycles. The molecule has 0 radical (unpaired) electrons. The quantitative estimate of drug-likeness (QED) is 0.784. The molecule has 1 aromatic rings. The Morgan fingerprint density at radius 3 is 2.71 bits per heavy atom. The highest BCUT2D eigenvalue weighted by atomic mass is 16.3. The fourth-order valence-electron chi connectivity index (χ4n) is 1.80. The van der Waals surface area contributed by atoms with Gasteiger partial charge < -0.3 is 5.11 Å². The van der Waals surface area contributed by atoms with Crippen LogP contribution in [0.25, 0.3) is 0 Å². The van der Waals surface area contributed by atoms with E-state index in [4.69, 9.17) is 0 Å². The summed E-state index contributed by atoms with van der Waals surface area (Å²) < 4.78 is 1.90. The molecule has 0 saturated carbocycles. The molecular formula is C11H20N2O. The predicted octanol–water partition coefficient (Wildman–Crippen LogP) is 2.30. The van der Waals surface area contributed by atoms with Gasteiger partial charge in [0.25, 0.3) is 0 Å². The fraction of sp³-hybridized carbons (Fsp3) is 0.727. The maximum atomic E-state index is 10.2. The standard InChI is InChI=1S/C11H20N2O/c1-4-7-11(3,14)10-6-8-12-13(10)9-5-2/h6,8,14H,4-5,7,9H2,1-3H3. The van der Waals surface area contributed by atoms with E-state index in [0.717, 1.165) is 31.5 Å². The third-order valence-electron chi connectivity index (χ3n) is 2.44. The summed E-state index contributed by atoms with van der Waals surface area (Å²) >= 11 is 0. The van der Waals surface area contributed by atoms with Gasteiger partial charge in [0.2, 0.25) is 0 Å². The second-order valence-corrected chi connectivity index (χ2v) is 3.96. The smallest absolute Gasteiger partial charge is 0.103 e. The SMILES string of the molecule is CCCn1nccc1C(C)(O)CCC. The van der Waals surface area contributed by atoms with Gasteiger partial charge >= 0.3 is 0 Å². The summed E-state index contributed by atoms with van der Waals surface area (Å²) in [6.07, 6.45) is 4.55. The molecule has 0 saturated heterocycles. The molecule has 1 N–H and O–H groups in total. The van der Waals surface area contributed by atoms with E-state index in [9.17, 15) is 5.11 Å². The van der Waals surface area contributed by atoms with Crippen LogP contribution in [0.3, 0.4) is 0 Å². The number of nitrogens with zero attached hydrogens (tertiary/aromatic N) is 2. The molecule has 0 aliphatic rings. The highest BCUT2D eigenvalue weighted by Crippen LogP contribution is 2.25. The van der Waals surface area contributed by atoms with Crippen LogP contribution >= 0.6 is 0 Å². The molecule has 0 fully saturated rings. The number of rotatable bonds is 5. The second kappa shape index (κ2) is 4.60. The van der Waals surface area contributed by atoms with Crippen LogP contribution in [0, 0.1) is 0 Å². The first-order valence-corrected chi connectivity index (χ1v) is 5.36. The minimum absolute atomic E-state index is 0.736. The van der Waals surface area contributed by atoms with Crippen molar-refractivity contribution in [1.29, 1.82) is 0 Å². The van der Waals surface area contributed by atoms with Crippen LogP contribution in [0.2, 0.25) is 0 Å². The van der Waals surface area contributed by atoms with Gasteiger partial charge in [0.05, 0.1) is 5.69 Å². The van der Waals surface area contributed by atoms with Crippen molar-refractivity contribution in [2.24, 2.45) is 0 Å². The molecule has 0 amide bonds. The normalized spacial score (nSPS) is 15.4. The minimum atomic E-state index is -0.736. The van der Waals surface area contributed by atoms with Crippen LogP contribution < -0.4 is 0 Å². The number of aliphatic hydroxyl groups is 1.